The van der Waals surface area contributed by atoms with Crippen LogP contribution < -0.4 is 5.32 Å². The van der Waals surface area contributed by atoms with E-state index in [-0.39, 0.29) is 6.10 Å². The molecule has 0 aromatic carbocycles. The highest BCUT2D eigenvalue weighted by molar-refractivity contribution is 5.14. The van der Waals surface area contributed by atoms with Crippen molar-refractivity contribution in [2.45, 2.75) is 26.5 Å². The maximum Gasteiger partial charge on any atom is 0.0667 e. The summed E-state index contributed by atoms with van der Waals surface area (Å²) < 4.78 is 6.98. The first-order valence-electron chi connectivity index (χ1n) is 4.86. The first-order valence-corrected chi connectivity index (χ1v) is 4.86. The molecule has 1 rings (SSSR count). The number of rotatable bonds is 5. The fourth-order valence-corrected chi connectivity index (χ4v) is 1.32. The van der Waals surface area contributed by atoms with E-state index in [1.807, 2.05) is 31.8 Å². The predicted molar refractivity (Wildman–Crippen MR) is 56.1 cm³/mol. The fourth-order valence-electron chi connectivity index (χ4n) is 1.32. The summed E-state index contributed by atoms with van der Waals surface area (Å²) in [5, 5.41) is 7.60. The molecule has 80 valence electrons. The third-order valence-electron chi connectivity index (χ3n) is 2.26. The van der Waals surface area contributed by atoms with Crippen LogP contribution in [0.25, 0.3) is 0 Å². The van der Waals surface area contributed by atoms with Gasteiger partial charge in [-0.1, -0.05) is 0 Å². The normalized spacial score (nSPS) is 13.1. The van der Waals surface area contributed by atoms with Gasteiger partial charge in [-0.05, 0) is 13.8 Å². The van der Waals surface area contributed by atoms with E-state index in [0.717, 1.165) is 18.8 Å². The molecular formula is C10H19N3O. The van der Waals surface area contributed by atoms with Gasteiger partial charge >= 0.3 is 0 Å². The van der Waals surface area contributed by atoms with Crippen molar-refractivity contribution in [1.29, 1.82) is 0 Å². The molecule has 0 spiro atoms. The molecule has 0 bridgehead atoms. The summed E-state index contributed by atoms with van der Waals surface area (Å²) in [6, 6.07) is 0. The largest absolute Gasteiger partial charge is 0.380 e. The van der Waals surface area contributed by atoms with Gasteiger partial charge in [0.05, 0.1) is 11.8 Å². The highest BCUT2D eigenvalue weighted by Gasteiger charge is 2.03. The van der Waals surface area contributed by atoms with Gasteiger partial charge in [-0.2, -0.15) is 5.10 Å². The quantitative estimate of drug-likeness (QED) is 0.760. The second kappa shape index (κ2) is 5.12. The van der Waals surface area contributed by atoms with Gasteiger partial charge < -0.3 is 10.1 Å². The lowest BCUT2D eigenvalue weighted by molar-refractivity contribution is 0.117. The minimum Gasteiger partial charge on any atom is -0.380 e. The van der Waals surface area contributed by atoms with E-state index in [1.54, 1.807) is 7.11 Å². The maximum absolute atomic E-state index is 5.14. The fraction of sp³-hybridized carbons (Fsp3) is 0.700. The van der Waals surface area contributed by atoms with Crippen LogP contribution in [0.1, 0.15) is 18.2 Å². The summed E-state index contributed by atoms with van der Waals surface area (Å²) in [5.41, 5.74) is 2.33. The Morgan fingerprint density at radius 1 is 1.64 bits per heavy atom. The van der Waals surface area contributed by atoms with E-state index in [4.69, 9.17) is 4.74 Å². The summed E-state index contributed by atoms with van der Waals surface area (Å²) in [7, 11) is 3.66. The zero-order valence-corrected chi connectivity index (χ0v) is 9.37. The van der Waals surface area contributed by atoms with Crippen molar-refractivity contribution in [3.05, 3.63) is 17.5 Å². The van der Waals surface area contributed by atoms with Crippen molar-refractivity contribution < 1.29 is 4.74 Å². The van der Waals surface area contributed by atoms with Gasteiger partial charge in [0, 0.05) is 39.0 Å². The standard InChI is InChI=1S/C10H19N3O/c1-8(14-4)5-11-6-10-7-13(3)12-9(10)2/h7-8,11H,5-6H2,1-4H3. The van der Waals surface area contributed by atoms with Gasteiger partial charge in [-0.15, -0.1) is 0 Å². The SMILES string of the molecule is COC(C)CNCc1cn(C)nc1C. The summed E-state index contributed by atoms with van der Waals surface area (Å²) in [4.78, 5) is 0. The summed E-state index contributed by atoms with van der Waals surface area (Å²) in [6.45, 7) is 5.79. The van der Waals surface area contributed by atoms with Crippen molar-refractivity contribution in [1.82, 2.24) is 15.1 Å². The van der Waals surface area contributed by atoms with Crippen LogP contribution in [0.3, 0.4) is 0 Å². The van der Waals surface area contributed by atoms with Gasteiger partial charge in [0.1, 0.15) is 0 Å². The summed E-state index contributed by atoms with van der Waals surface area (Å²) in [6.07, 6.45) is 2.30. The number of aryl methyl sites for hydroxylation is 2. The minimum atomic E-state index is 0.256. The molecule has 4 nitrogen and oxygen atoms in total. The Hall–Kier alpha value is -0.870. The monoisotopic (exact) mass is 197 g/mol. The molecule has 0 saturated carbocycles. The molecule has 4 heteroatoms. The van der Waals surface area contributed by atoms with E-state index >= 15 is 0 Å². The molecular weight excluding hydrogens is 178 g/mol. The number of methoxy groups -OCH3 is 1. The van der Waals surface area contributed by atoms with Gasteiger partial charge in [-0.3, -0.25) is 4.68 Å². The number of hydrogen-bond acceptors (Lipinski definition) is 3. The van der Waals surface area contributed by atoms with Gasteiger partial charge in [-0.25, -0.2) is 0 Å². The second-order valence-electron chi connectivity index (χ2n) is 3.59. The lowest BCUT2D eigenvalue weighted by Crippen LogP contribution is -2.25. The lowest BCUT2D eigenvalue weighted by atomic mass is 10.2. The van der Waals surface area contributed by atoms with Crippen molar-refractivity contribution in [2.24, 2.45) is 7.05 Å². The van der Waals surface area contributed by atoms with Crippen LogP contribution in [-0.2, 0) is 18.3 Å². The third kappa shape index (κ3) is 3.12. The average molecular weight is 197 g/mol. The molecule has 0 amide bonds. The Bertz CT molecular complexity index is 283. The Morgan fingerprint density at radius 3 is 2.86 bits per heavy atom. The Balaban J connectivity index is 2.34. The molecule has 1 aromatic heterocycles. The van der Waals surface area contributed by atoms with E-state index in [1.165, 1.54) is 5.56 Å². The predicted octanol–water partition coefficient (Wildman–Crippen LogP) is 0.853. The van der Waals surface area contributed by atoms with Crippen molar-refractivity contribution in [3.8, 4) is 0 Å². The molecule has 1 heterocycles. The topological polar surface area (TPSA) is 39.1 Å². The van der Waals surface area contributed by atoms with Crippen molar-refractivity contribution >= 4 is 0 Å². The Morgan fingerprint density at radius 2 is 2.36 bits per heavy atom. The van der Waals surface area contributed by atoms with Crippen LogP contribution in [0.5, 0.6) is 0 Å². The molecule has 0 saturated heterocycles. The summed E-state index contributed by atoms with van der Waals surface area (Å²) in [5.74, 6) is 0. The number of nitrogens with one attached hydrogen (secondary N) is 1. The third-order valence-corrected chi connectivity index (χ3v) is 2.26. The van der Waals surface area contributed by atoms with Crippen LogP contribution in [0.15, 0.2) is 6.20 Å². The zero-order valence-electron chi connectivity index (χ0n) is 9.37. The molecule has 0 aliphatic carbocycles. The van der Waals surface area contributed by atoms with E-state index in [0.29, 0.717) is 0 Å². The zero-order chi connectivity index (χ0) is 10.6. The molecule has 0 radical (unpaired) electrons. The van der Waals surface area contributed by atoms with Crippen LogP contribution in [0.2, 0.25) is 0 Å². The molecule has 0 aliphatic rings. The van der Waals surface area contributed by atoms with E-state index < -0.39 is 0 Å². The van der Waals surface area contributed by atoms with Crippen molar-refractivity contribution in [2.75, 3.05) is 13.7 Å². The minimum absolute atomic E-state index is 0.256. The average Bonchev–Trinajstić information content (AvgIpc) is 2.45. The molecule has 1 aromatic rings. The number of ether oxygens (including phenoxy) is 1. The highest BCUT2D eigenvalue weighted by Crippen LogP contribution is 2.03. The van der Waals surface area contributed by atoms with E-state index in [2.05, 4.69) is 10.4 Å². The number of hydrogen-bond donors (Lipinski definition) is 1. The highest BCUT2D eigenvalue weighted by atomic mass is 16.5. The van der Waals surface area contributed by atoms with E-state index in [9.17, 15) is 0 Å². The number of nitrogens with zero attached hydrogens (tertiary/aromatic N) is 2. The van der Waals surface area contributed by atoms with Crippen LogP contribution >= 0.6 is 0 Å². The van der Waals surface area contributed by atoms with Crippen LogP contribution in [0, 0.1) is 6.92 Å². The molecule has 1 unspecified atom stereocenters. The first kappa shape index (κ1) is 11.2. The smallest absolute Gasteiger partial charge is 0.0667 e. The molecule has 14 heavy (non-hydrogen) atoms. The van der Waals surface area contributed by atoms with Crippen molar-refractivity contribution in [3.63, 3.8) is 0 Å². The summed E-state index contributed by atoms with van der Waals surface area (Å²) >= 11 is 0. The van der Waals surface area contributed by atoms with Gasteiger partial charge in [0.15, 0.2) is 0 Å². The maximum atomic E-state index is 5.14. The Labute approximate surface area is 85.3 Å². The van der Waals surface area contributed by atoms with Gasteiger partial charge in [0.2, 0.25) is 0 Å². The molecule has 0 aliphatic heterocycles. The number of aromatic nitrogens is 2. The lowest BCUT2D eigenvalue weighted by Gasteiger charge is -2.09. The van der Waals surface area contributed by atoms with Gasteiger partial charge in [0.25, 0.3) is 0 Å². The van der Waals surface area contributed by atoms with Crippen LogP contribution in [0.4, 0.5) is 0 Å². The molecule has 0 fully saturated rings. The second-order valence-corrected chi connectivity index (χ2v) is 3.59. The van der Waals surface area contributed by atoms with Crippen LogP contribution in [-0.4, -0.2) is 29.5 Å². The molecule has 1 atom stereocenters. The Kier molecular flexibility index (Phi) is 4.10. The molecule has 1 N–H and O–H groups in total. The first-order chi connectivity index (χ1) is 6.63.